The highest BCUT2D eigenvalue weighted by Gasteiger charge is 2.09. The fraction of sp³-hybridized carbons (Fsp3) is 0.211. The molecule has 0 bridgehead atoms. The molecule has 6 nitrogen and oxygen atoms in total. The molecule has 0 saturated carbocycles. The van der Waals surface area contributed by atoms with Crippen molar-refractivity contribution in [2.75, 3.05) is 19.0 Å². The monoisotopic (exact) mass is 418 g/mol. The predicted molar refractivity (Wildman–Crippen MR) is 102 cm³/mol. The molecule has 2 rings (SSSR count). The number of carbonyl (C=O) groups is 3. The molecule has 0 aliphatic heterocycles. The summed E-state index contributed by atoms with van der Waals surface area (Å²) in [6.07, 6.45) is 0.977. The Morgan fingerprint density at radius 3 is 2.38 bits per heavy atom. The van der Waals surface area contributed by atoms with Crippen LogP contribution in [0.25, 0.3) is 0 Å². The van der Waals surface area contributed by atoms with Crippen molar-refractivity contribution in [3.63, 3.8) is 0 Å². The van der Waals surface area contributed by atoms with Crippen molar-refractivity contribution >= 4 is 39.4 Å². The van der Waals surface area contributed by atoms with E-state index in [0.29, 0.717) is 24.1 Å². The molecule has 0 unspecified atom stereocenters. The number of carbonyl (C=O) groups excluding carboxylic acids is 3. The van der Waals surface area contributed by atoms with Gasteiger partial charge in [-0.05, 0) is 42.3 Å². The minimum Gasteiger partial charge on any atom is -0.468 e. The molecule has 0 aromatic heterocycles. The van der Waals surface area contributed by atoms with Crippen LogP contribution in [0.4, 0.5) is 5.69 Å². The molecule has 2 N–H and O–H groups in total. The first-order chi connectivity index (χ1) is 12.5. The lowest BCUT2D eigenvalue weighted by Crippen LogP contribution is -2.30. The van der Waals surface area contributed by atoms with Crippen LogP contribution in [0.3, 0.4) is 0 Å². The summed E-state index contributed by atoms with van der Waals surface area (Å²) >= 11 is 3.46. The molecule has 26 heavy (non-hydrogen) atoms. The quantitative estimate of drug-likeness (QED) is 0.676. The van der Waals surface area contributed by atoms with Gasteiger partial charge in [-0.15, -0.1) is 0 Å². The highest BCUT2D eigenvalue weighted by atomic mass is 79.9. The molecule has 2 amide bonds. The summed E-state index contributed by atoms with van der Waals surface area (Å²) < 4.78 is 5.44. The molecule has 0 heterocycles. The lowest BCUT2D eigenvalue weighted by molar-refractivity contribution is -0.139. The summed E-state index contributed by atoms with van der Waals surface area (Å²) in [5.74, 6) is -1.02. The summed E-state index contributed by atoms with van der Waals surface area (Å²) in [7, 11) is 1.25. The lowest BCUT2D eigenvalue weighted by Gasteiger charge is -2.08. The Labute approximate surface area is 160 Å². The van der Waals surface area contributed by atoms with E-state index in [9.17, 15) is 14.4 Å². The number of anilines is 1. The maximum Gasteiger partial charge on any atom is 0.325 e. The van der Waals surface area contributed by atoms with Crippen molar-refractivity contribution < 1.29 is 19.1 Å². The molecule has 0 atom stereocenters. The Balaban J connectivity index is 1.84. The molecule has 0 spiro atoms. The van der Waals surface area contributed by atoms with Crippen molar-refractivity contribution in [1.29, 1.82) is 0 Å². The van der Waals surface area contributed by atoms with E-state index < -0.39 is 5.97 Å². The average Bonchev–Trinajstić information content (AvgIpc) is 2.65. The SMILES string of the molecule is COC(=O)CNC(=O)c1ccc(NC(=O)CCc2ccccc2Br)cc1. The molecule has 0 aliphatic rings. The van der Waals surface area contributed by atoms with Crippen molar-refractivity contribution in [2.45, 2.75) is 12.8 Å². The minimum atomic E-state index is -0.521. The number of methoxy groups -OCH3 is 1. The molecule has 0 fully saturated rings. The van der Waals surface area contributed by atoms with Gasteiger partial charge in [-0.2, -0.15) is 0 Å². The zero-order valence-corrected chi connectivity index (χ0v) is 15.8. The highest BCUT2D eigenvalue weighted by Crippen LogP contribution is 2.18. The van der Waals surface area contributed by atoms with Gasteiger partial charge in [-0.1, -0.05) is 34.1 Å². The van der Waals surface area contributed by atoms with Gasteiger partial charge in [-0.3, -0.25) is 14.4 Å². The largest absolute Gasteiger partial charge is 0.468 e. The van der Waals surface area contributed by atoms with E-state index in [1.165, 1.54) is 7.11 Å². The summed E-state index contributed by atoms with van der Waals surface area (Å²) in [6.45, 7) is -0.192. The third-order valence-corrected chi connectivity index (χ3v) is 4.40. The van der Waals surface area contributed by atoms with Crippen LogP contribution in [0.1, 0.15) is 22.3 Å². The number of aryl methyl sites for hydroxylation is 1. The molecular weight excluding hydrogens is 400 g/mol. The van der Waals surface area contributed by atoms with Crippen LogP contribution >= 0.6 is 15.9 Å². The lowest BCUT2D eigenvalue weighted by atomic mass is 10.1. The van der Waals surface area contributed by atoms with Gasteiger partial charge < -0.3 is 15.4 Å². The van der Waals surface area contributed by atoms with Gasteiger partial charge in [0.25, 0.3) is 5.91 Å². The second-order valence-electron chi connectivity index (χ2n) is 5.48. The third-order valence-electron chi connectivity index (χ3n) is 3.63. The number of nitrogens with one attached hydrogen (secondary N) is 2. The van der Waals surface area contributed by atoms with E-state index in [1.807, 2.05) is 24.3 Å². The fourth-order valence-corrected chi connectivity index (χ4v) is 2.69. The van der Waals surface area contributed by atoms with Crippen LogP contribution in [0.5, 0.6) is 0 Å². The Morgan fingerprint density at radius 1 is 1.04 bits per heavy atom. The van der Waals surface area contributed by atoms with E-state index in [4.69, 9.17) is 0 Å². The maximum atomic E-state index is 12.1. The van der Waals surface area contributed by atoms with E-state index in [1.54, 1.807) is 24.3 Å². The Hall–Kier alpha value is -2.67. The number of benzene rings is 2. The molecule has 7 heteroatoms. The summed E-state index contributed by atoms with van der Waals surface area (Å²) in [5, 5.41) is 5.25. The van der Waals surface area contributed by atoms with Crippen LogP contribution in [0.2, 0.25) is 0 Å². The van der Waals surface area contributed by atoms with Gasteiger partial charge in [0, 0.05) is 22.1 Å². The highest BCUT2D eigenvalue weighted by molar-refractivity contribution is 9.10. The zero-order valence-electron chi connectivity index (χ0n) is 14.3. The number of hydrogen-bond donors (Lipinski definition) is 2. The topological polar surface area (TPSA) is 84.5 Å². The second kappa shape index (κ2) is 9.72. The van der Waals surface area contributed by atoms with E-state index >= 15 is 0 Å². The van der Waals surface area contributed by atoms with E-state index in [2.05, 4.69) is 31.3 Å². The number of esters is 1. The third kappa shape index (κ3) is 6.00. The normalized spacial score (nSPS) is 10.1. The molecule has 136 valence electrons. The fourth-order valence-electron chi connectivity index (χ4n) is 2.20. The molecule has 2 aromatic carbocycles. The minimum absolute atomic E-state index is 0.108. The smallest absolute Gasteiger partial charge is 0.325 e. The number of ether oxygens (including phenoxy) is 1. The van der Waals surface area contributed by atoms with Crippen molar-refractivity contribution in [3.8, 4) is 0 Å². The Kier molecular flexibility index (Phi) is 7.35. The van der Waals surface area contributed by atoms with Gasteiger partial charge in [0.05, 0.1) is 7.11 Å². The van der Waals surface area contributed by atoms with Gasteiger partial charge in [0.1, 0.15) is 6.54 Å². The van der Waals surface area contributed by atoms with Crippen molar-refractivity contribution in [3.05, 3.63) is 64.1 Å². The number of hydrogen-bond acceptors (Lipinski definition) is 4. The van der Waals surface area contributed by atoms with Gasteiger partial charge in [0.15, 0.2) is 0 Å². The maximum absolute atomic E-state index is 12.1. The van der Waals surface area contributed by atoms with Gasteiger partial charge in [0.2, 0.25) is 5.91 Å². The van der Waals surface area contributed by atoms with Crippen molar-refractivity contribution in [2.24, 2.45) is 0 Å². The van der Waals surface area contributed by atoms with E-state index in [0.717, 1.165) is 10.0 Å². The average molecular weight is 419 g/mol. The summed E-state index contributed by atoms with van der Waals surface area (Å²) in [5.41, 5.74) is 2.06. The van der Waals surface area contributed by atoms with Gasteiger partial charge in [-0.25, -0.2) is 0 Å². The molecule has 0 aliphatic carbocycles. The first-order valence-electron chi connectivity index (χ1n) is 7.98. The number of amides is 2. The predicted octanol–water partition coefficient (Wildman–Crippen LogP) is 2.92. The van der Waals surface area contributed by atoms with Crippen LogP contribution in [0.15, 0.2) is 53.0 Å². The van der Waals surface area contributed by atoms with E-state index in [-0.39, 0.29) is 18.4 Å². The molecule has 0 saturated heterocycles. The molecule has 0 radical (unpaired) electrons. The van der Waals surface area contributed by atoms with Crippen LogP contribution < -0.4 is 10.6 Å². The number of halogens is 1. The van der Waals surface area contributed by atoms with Crippen LogP contribution in [-0.4, -0.2) is 31.4 Å². The van der Waals surface area contributed by atoms with Crippen LogP contribution in [-0.2, 0) is 20.7 Å². The standard InChI is InChI=1S/C19H19BrN2O4/c1-26-18(24)12-21-19(25)14-6-9-15(10-7-14)22-17(23)11-8-13-4-2-3-5-16(13)20/h2-7,9-10H,8,11-12H2,1H3,(H,21,25)(H,22,23). The zero-order chi connectivity index (χ0) is 18.9. The molecule has 2 aromatic rings. The van der Waals surface area contributed by atoms with Gasteiger partial charge >= 0.3 is 5.97 Å². The molecular formula is C19H19BrN2O4. The first-order valence-corrected chi connectivity index (χ1v) is 8.77. The van der Waals surface area contributed by atoms with Crippen LogP contribution in [0, 0.1) is 0 Å². The van der Waals surface area contributed by atoms with Crippen molar-refractivity contribution in [1.82, 2.24) is 5.32 Å². The Morgan fingerprint density at radius 2 is 1.73 bits per heavy atom. The Bertz CT molecular complexity index is 790. The summed E-state index contributed by atoms with van der Waals surface area (Å²) in [4.78, 5) is 35.0. The second-order valence-corrected chi connectivity index (χ2v) is 6.33. The summed E-state index contributed by atoms with van der Waals surface area (Å²) in [6, 6.07) is 14.2. The first kappa shape index (κ1) is 19.7. The number of rotatable bonds is 7.